The van der Waals surface area contributed by atoms with Gasteiger partial charge in [-0.05, 0) is 30.3 Å². The first-order chi connectivity index (χ1) is 12.2. The average Bonchev–Trinajstić information content (AvgIpc) is 3.01. The zero-order chi connectivity index (χ0) is 18.9. The van der Waals surface area contributed by atoms with E-state index in [4.69, 9.17) is 0 Å². The Balaban J connectivity index is 1.72. The number of nitro groups is 1. The molecule has 0 radical (unpaired) electrons. The molecule has 0 aliphatic heterocycles. The maximum atomic E-state index is 12.2. The fourth-order valence-corrected chi connectivity index (χ4v) is 3.86. The summed E-state index contributed by atoms with van der Waals surface area (Å²) in [6.45, 7) is -0.0312. The standard InChI is InChI=1S/C16H13N3O5S2/c1-26(23,24)12-6-7-13-15(8-12)25-16(18-13)17-9-14(20)10-2-4-11(5-3-10)19(21)22/h2-8H,9H2,1H3,(H,17,18). The van der Waals surface area contributed by atoms with E-state index in [1.807, 2.05) is 0 Å². The molecule has 0 bridgehead atoms. The number of nitro benzene ring substituents is 1. The number of hydrogen-bond acceptors (Lipinski definition) is 8. The van der Waals surface area contributed by atoms with Gasteiger partial charge in [0.1, 0.15) is 0 Å². The fourth-order valence-electron chi connectivity index (χ4n) is 2.24. The lowest BCUT2D eigenvalue weighted by Crippen LogP contribution is -2.13. The summed E-state index contributed by atoms with van der Waals surface area (Å²) in [7, 11) is -3.30. The van der Waals surface area contributed by atoms with Crippen molar-refractivity contribution in [2.45, 2.75) is 4.90 Å². The molecule has 1 heterocycles. The van der Waals surface area contributed by atoms with Crippen molar-refractivity contribution in [3.63, 3.8) is 0 Å². The Morgan fingerprint density at radius 3 is 2.54 bits per heavy atom. The van der Waals surface area contributed by atoms with Crippen LogP contribution in [0.2, 0.25) is 0 Å². The van der Waals surface area contributed by atoms with Gasteiger partial charge in [0.15, 0.2) is 20.8 Å². The van der Waals surface area contributed by atoms with E-state index in [9.17, 15) is 23.3 Å². The zero-order valence-corrected chi connectivity index (χ0v) is 15.1. The van der Waals surface area contributed by atoms with Crippen molar-refractivity contribution >= 4 is 48.0 Å². The van der Waals surface area contributed by atoms with Crippen LogP contribution in [0.4, 0.5) is 10.8 Å². The van der Waals surface area contributed by atoms with Crippen LogP contribution in [0, 0.1) is 10.1 Å². The Labute approximate surface area is 152 Å². The van der Waals surface area contributed by atoms with Gasteiger partial charge < -0.3 is 5.32 Å². The van der Waals surface area contributed by atoms with Gasteiger partial charge in [-0.3, -0.25) is 14.9 Å². The molecule has 0 saturated heterocycles. The van der Waals surface area contributed by atoms with E-state index in [2.05, 4.69) is 10.3 Å². The predicted octanol–water partition coefficient (Wildman–Crippen LogP) is 2.90. The number of thiazole rings is 1. The van der Waals surface area contributed by atoms with Crippen molar-refractivity contribution in [1.29, 1.82) is 0 Å². The van der Waals surface area contributed by atoms with E-state index >= 15 is 0 Å². The van der Waals surface area contributed by atoms with Crippen molar-refractivity contribution in [3.05, 3.63) is 58.1 Å². The van der Waals surface area contributed by atoms with Crippen LogP contribution in [0.3, 0.4) is 0 Å². The summed E-state index contributed by atoms with van der Waals surface area (Å²) in [5.74, 6) is -0.240. The third kappa shape index (κ3) is 3.86. The molecule has 3 rings (SSSR count). The molecule has 3 aromatic rings. The lowest BCUT2D eigenvalue weighted by molar-refractivity contribution is -0.384. The monoisotopic (exact) mass is 391 g/mol. The molecule has 0 atom stereocenters. The van der Waals surface area contributed by atoms with Gasteiger partial charge in [0, 0.05) is 24.0 Å². The topological polar surface area (TPSA) is 119 Å². The number of fused-ring (bicyclic) bond motifs is 1. The van der Waals surface area contributed by atoms with Crippen molar-refractivity contribution in [2.24, 2.45) is 0 Å². The Kier molecular flexibility index (Phi) is 4.70. The summed E-state index contributed by atoms with van der Waals surface area (Å²) in [6.07, 6.45) is 1.14. The molecule has 0 aliphatic carbocycles. The number of anilines is 1. The van der Waals surface area contributed by atoms with Crippen LogP contribution < -0.4 is 5.32 Å². The minimum Gasteiger partial charge on any atom is -0.354 e. The molecule has 1 N–H and O–H groups in total. The lowest BCUT2D eigenvalue weighted by atomic mass is 10.1. The summed E-state index contributed by atoms with van der Waals surface area (Å²) in [5, 5.41) is 14.0. The normalized spacial score (nSPS) is 11.4. The Morgan fingerprint density at radius 2 is 1.92 bits per heavy atom. The number of aromatic nitrogens is 1. The van der Waals surface area contributed by atoms with Gasteiger partial charge in [-0.15, -0.1) is 0 Å². The van der Waals surface area contributed by atoms with Crippen LogP contribution in [-0.4, -0.2) is 36.9 Å². The molecule has 0 unspecified atom stereocenters. The highest BCUT2D eigenvalue weighted by atomic mass is 32.2. The van der Waals surface area contributed by atoms with E-state index in [-0.39, 0.29) is 22.9 Å². The molecule has 10 heteroatoms. The molecule has 0 fully saturated rings. The van der Waals surface area contributed by atoms with Gasteiger partial charge in [0.05, 0.1) is 26.6 Å². The van der Waals surface area contributed by atoms with Crippen LogP contribution in [-0.2, 0) is 9.84 Å². The Hall–Kier alpha value is -2.85. The first-order valence-electron chi connectivity index (χ1n) is 7.36. The second-order valence-electron chi connectivity index (χ2n) is 5.50. The summed E-state index contributed by atoms with van der Waals surface area (Å²) < 4.78 is 23.9. The number of nitrogens with zero attached hydrogens (tertiary/aromatic N) is 2. The first kappa shape index (κ1) is 18.0. The molecular formula is C16H13N3O5S2. The van der Waals surface area contributed by atoms with Crippen LogP contribution in [0.15, 0.2) is 47.4 Å². The quantitative estimate of drug-likeness (QED) is 0.390. The summed E-state index contributed by atoms with van der Waals surface area (Å²) >= 11 is 1.24. The smallest absolute Gasteiger partial charge is 0.269 e. The van der Waals surface area contributed by atoms with Gasteiger partial charge in [0.2, 0.25) is 0 Å². The van der Waals surface area contributed by atoms with Crippen molar-refractivity contribution in [1.82, 2.24) is 4.98 Å². The minimum absolute atomic E-state index is 0.0312. The van der Waals surface area contributed by atoms with Crippen LogP contribution in [0.1, 0.15) is 10.4 Å². The first-order valence-corrected chi connectivity index (χ1v) is 10.1. The van der Waals surface area contributed by atoms with Crippen LogP contribution in [0.5, 0.6) is 0 Å². The number of ketones is 1. The molecule has 8 nitrogen and oxygen atoms in total. The van der Waals surface area contributed by atoms with Gasteiger partial charge in [0.25, 0.3) is 5.69 Å². The van der Waals surface area contributed by atoms with Gasteiger partial charge in [-0.2, -0.15) is 0 Å². The molecule has 2 aromatic carbocycles. The number of benzene rings is 2. The van der Waals surface area contributed by atoms with E-state index in [0.717, 1.165) is 6.26 Å². The highest BCUT2D eigenvalue weighted by molar-refractivity contribution is 7.90. The maximum absolute atomic E-state index is 12.2. The third-order valence-corrected chi connectivity index (χ3v) is 5.67. The highest BCUT2D eigenvalue weighted by Gasteiger charge is 2.13. The molecule has 26 heavy (non-hydrogen) atoms. The molecule has 1 aromatic heterocycles. The van der Waals surface area contributed by atoms with Crippen LogP contribution >= 0.6 is 11.3 Å². The highest BCUT2D eigenvalue weighted by Crippen LogP contribution is 2.28. The number of hydrogen-bond donors (Lipinski definition) is 1. The van der Waals surface area contributed by atoms with E-state index in [1.54, 1.807) is 12.1 Å². The van der Waals surface area contributed by atoms with E-state index in [1.165, 1.54) is 41.7 Å². The average molecular weight is 391 g/mol. The number of nitrogens with one attached hydrogen (secondary N) is 1. The van der Waals surface area contributed by atoms with Crippen molar-refractivity contribution in [2.75, 3.05) is 18.1 Å². The third-order valence-electron chi connectivity index (χ3n) is 3.59. The maximum Gasteiger partial charge on any atom is 0.269 e. The number of sulfone groups is 1. The molecule has 0 saturated carbocycles. The second-order valence-corrected chi connectivity index (χ2v) is 8.55. The van der Waals surface area contributed by atoms with Gasteiger partial charge in [-0.1, -0.05) is 11.3 Å². The molecule has 0 spiro atoms. The molecule has 0 amide bonds. The number of non-ortho nitro benzene ring substituents is 1. The Bertz CT molecular complexity index is 1100. The van der Waals surface area contributed by atoms with E-state index < -0.39 is 14.8 Å². The molecule has 134 valence electrons. The lowest BCUT2D eigenvalue weighted by Gasteiger charge is -2.02. The number of carbonyl (C=O) groups excluding carboxylic acids is 1. The van der Waals surface area contributed by atoms with Crippen molar-refractivity contribution in [3.8, 4) is 0 Å². The summed E-state index contributed by atoms with van der Waals surface area (Å²) in [4.78, 5) is 26.8. The van der Waals surface area contributed by atoms with Crippen LogP contribution in [0.25, 0.3) is 10.2 Å². The predicted molar refractivity (Wildman–Crippen MR) is 98.6 cm³/mol. The molecule has 0 aliphatic rings. The van der Waals surface area contributed by atoms with E-state index in [0.29, 0.717) is 20.9 Å². The number of Topliss-reactive ketones (excluding diaryl/α,β-unsaturated/α-hetero) is 1. The summed E-state index contributed by atoms with van der Waals surface area (Å²) in [5.41, 5.74) is 0.902. The fraction of sp³-hybridized carbons (Fsp3) is 0.125. The van der Waals surface area contributed by atoms with Gasteiger partial charge in [-0.25, -0.2) is 13.4 Å². The molecular weight excluding hydrogens is 378 g/mol. The number of carbonyl (C=O) groups is 1. The number of rotatable bonds is 6. The minimum atomic E-state index is -3.30. The zero-order valence-electron chi connectivity index (χ0n) is 13.5. The second kappa shape index (κ2) is 6.81. The van der Waals surface area contributed by atoms with Crippen molar-refractivity contribution < 1.29 is 18.1 Å². The Morgan fingerprint density at radius 1 is 1.23 bits per heavy atom. The SMILES string of the molecule is CS(=O)(=O)c1ccc2nc(NCC(=O)c3ccc([N+](=O)[O-])cc3)sc2c1. The largest absolute Gasteiger partial charge is 0.354 e. The summed E-state index contributed by atoms with van der Waals surface area (Å²) in [6, 6.07) is 10.0. The van der Waals surface area contributed by atoms with Gasteiger partial charge >= 0.3 is 0 Å².